The fourth-order valence-corrected chi connectivity index (χ4v) is 2.40. The molecule has 0 aliphatic heterocycles. The van der Waals surface area contributed by atoms with Crippen LogP contribution in [0.4, 0.5) is 0 Å². The summed E-state index contributed by atoms with van der Waals surface area (Å²) in [6, 6.07) is 11.7. The summed E-state index contributed by atoms with van der Waals surface area (Å²) in [5, 5.41) is 13.9. The van der Waals surface area contributed by atoms with Crippen molar-refractivity contribution < 1.29 is 14.3 Å². The molecule has 1 aromatic carbocycles. The number of ether oxygens (including phenoxy) is 1. The maximum Gasteiger partial charge on any atom is 0.136 e. The van der Waals surface area contributed by atoms with E-state index < -0.39 is 5.60 Å². The summed E-state index contributed by atoms with van der Waals surface area (Å²) in [7, 11) is 0. The second-order valence-corrected chi connectivity index (χ2v) is 5.76. The summed E-state index contributed by atoms with van der Waals surface area (Å²) in [4.78, 5) is 0. The third kappa shape index (κ3) is 3.90. The van der Waals surface area contributed by atoms with Crippen LogP contribution in [0, 0.1) is 6.92 Å². The molecule has 0 amide bonds. The summed E-state index contributed by atoms with van der Waals surface area (Å²) in [5.74, 6) is 2.24. The molecule has 1 heterocycles. The molecule has 4 heteroatoms. The van der Waals surface area contributed by atoms with E-state index in [1.54, 1.807) is 6.92 Å². The van der Waals surface area contributed by atoms with Crippen LogP contribution in [-0.2, 0) is 5.60 Å². The molecule has 0 saturated carbocycles. The van der Waals surface area contributed by atoms with Crippen LogP contribution in [0.15, 0.2) is 40.8 Å². The van der Waals surface area contributed by atoms with Gasteiger partial charge in [0.2, 0.25) is 0 Å². The van der Waals surface area contributed by atoms with Gasteiger partial charge in [0.05, 0.1) is 6.61 Å². The lowest BCUT2D eigenvalue weighted by Gasteiger charge is -2.25. The third-order valence-corrected chi connectivity index (χ3v) is 3.71. The van der Waals surface area contributed by atoms with Gasteiger partial charge < -0.3 is 19.6 Å². The number of hydrogen-bond donors (Lipinski definition) is 2. The minimum Gasteiger partial charge on any atom is -0.494 e. The molecule has 120 valence electrons. The molecule has 2 atom stereocenters. The largest absolute Gasteiger partial charge is 0.494 e. The van der Waals surface area contributed by atoms with Crippen LogP contribution in [0.5, 0.6) is 5.75 Å². The zero-order valence-electron chi connectivity index (χ0n) is 13.7. The Morgan fingerprint density at radius 1 is 1.27 bits per heavy atom. The number of aryl methyl sites for hydroxylation is 1. The maximum absolute atomic E-state index is 10.6. The number of benzene rings is 1. The fraction of sp³-hybridized carbons (Fsp3) is 0.444. The average Bonchev–Trinajstić information content (AvgIpc) is 2.93. The van der Waals surface area contributed by atoms with Crippen molar-refractivity contribution in [3.8, 4) is 5.75 Å². The Hall–Kier alpha value is -1.78. The minimum atomic E-state index is -1.05. The lowest BCUT2D eigenvalue weighted by Crippen LogP contribution is -2.36. The highest BCUT2D eigenvalue weighted by molar-refractivity contribution is 5.35. The van der Waals surface area contributed by atoms with Gasteiger partial charge >= 0.3 is 0 Å². The molecule has 22 heavy (non-hydrogen) atoms. The smallest absolute Gasteiger partial charge is 0.136 e. The van der Waals surface area contributed by atoms with E-state index in [2.05, 4.69) is 12.2 Å². The average molecular weight is 303 g/mol. The van der Waals surface area contributed by atoms with E-state index in [-0.39, 0.29) is 6.04 Å². The van der Waals surface area contributed by atoms with Crippen molar-refractivity contribution in [1.29, 1.82) is 0 Å². The first-order valence-electron chi connectivity index (χ1n) is 7.68. The summed E-state index contributed by atoms with van der Waals surface area (Å²) < 4.78 is 11.2. The highest BCUT2D eigenvalue weighted by atomic mass is 16.5. The number of furan rings is 1. The van der Waals surface area contributed by atoms with Gasteiger partial charge in [0.1, 0.15) is 22.9 Å². The summed E-state index contributed by atoms with van der Waals surface area (Å²) in [6.07, 6.45) is 0. The van der Waals surface area contributed by atoms with Gasteiger partial charge in [-0.05, 0) is 45.9 Å². The molecule has 0 fully saturated rings. The number of aliphatic hydroxyl groups is 1. The zero-order valence-corrected chi connectivity index (χ0v) is 13.7. The molecule has 2 rings (SSSR count). The highest BCUT2D eigenvalue weighted by Crippen LogP contribution is 2.27. The van der Waals surface area contributed by atoms with Crippen LogP contribution < -0.4 is 10.1 Å². The van der Waals surface area contributed by atoms with Crippen molar-refractivity contribution in [2.45, 2.75) is 39.3 Å². The van der Waals surface area contributed by atoms with Gasteiger partial charge in [-0.3, -0.25) is 0 Å². The van der Waals surface area contributed by atoms with E-state index in [1.807, 2.05) is 50.2 Å². The highest BCUT2D eigenvalue weighted by Gasteiger charge is 2.27. The van der Waals surface area contributed by atoms with Gasteiger partial charge in [-0.15, -0.1) is 0 Å². The molecular formula is C18H25NO3. The first-order valence-corrected chi connectivity index (χ1v) is 7.68. The maximum atomic E-state index is 10.6. The molecule has 0 radical (unpaired) electrons. The van der Waals surface area contributed by atoms with Crippen LogP contribution >= 0.6 is 0 Å². The molecule has 2 N–H and O–H groups in total. The van der Waals surface area contributed by atoms with Crippen molar-refractivity contribution in [3.63, 3.8) is 0 Å². The Labute approximate surface area is 132 Å². The molecule has 0 aliphatic rings. The lowest BCUT2D eigenvalue weighted by molar-refractivity contribution is 0.0312. The van der Waals surface area contributed by atoms with Crippen LogP contribution in [0.2, 0.25) is 0 Å². The molecular weight excluding hydrogens is 278 g/mol. The van der Waals surface area contributed by atoms with Gasteiger partial charge in [-0.1, -0.05) is 18.2 Å². The molecule has 0 spiro atoms. The predicted octanol–water partition coefficient (Wildman–Crippen LogP) is 3.55. The number of hydrogen-bond acceptors (Lipinski definition) is 4. The van der Waals surface area contributed by atoms with Gasteiger partial charge in [0, 0.05) is 18.2 Å². The molecule has 0 aliphatic carbocycles. The topological polar surface area (TPSA) is 54.6 Å². The lowest BCUT2D eigenvalue weighted by atomic mass is 10.0. The first kappa shape index (κ1) is 16.6. The third-order valence-electron chi connectivity index (χ3n) is 3.71. The van der Waals surface area contributed by atoms with Gasteiger partial charge in [0.25, 0.3) is 0 Å². The Morgan fingerprint density at radius 2 is 2.00 bits per heavy atom. The summed E-state index contributed by atoms with van der Waals surface area (Å²) in [5.41, 5.74) is 0.0269. The van der Waals surface area contributed by atoms with E-state index in [0.29, 0.717) is 18.9 Å². The Bertz CT molecular complexity index is 604. The Kier molecular flexibility index (Phi) is 5.27. The van der Waals surface area contributed by atoms with Crippen molar-refractivity contribution in [2.75, 3.05) is 13.2 Å². The monoisotopic (exact) mass is 303 g/mol. The fourth-order valence-electron chi connectivity index (χ4n) is 2.40. The first-order chi connectivity index (χ1) is 10.4. The van der Waals surface area contributed by atoms with Gasteiger partial charge in [-0.25, -0.2) is 0 Å². The van der Waals surface area contributed by atoms with Crippen molar-refractivity contribution in [1.82, 2.24) is 5.32 Å². The van der Waals surface area contributed by atoms with Gasteiger partial charge in [0.15, 0.2) is 0 Å². The minimum absolute atomic E-state index is 0.0604. The van der Waals surface area contributed by atoms with Gasteiger partial charge in [-0.2, -0.15) is 0 Å². The number of nitrogens with one attached hydrogen (secondary N) is 1. The van der Waals surface area contributed by atoms with Crippen molar-refractivity contribution >= 4 is 0 Å². The number of para-hydroxylation sites is 1. The zero-order chi connectivity index (χ0) is 16.2. The quantitative estimate of drug-likeness (QED) is 0.821. The SMILES string of the molecule is CCOc1ccccc1C(C)NCC(C)(O)c1ccc(C)o1. The standard InChI is InChI=1S/C18H25NO3/c1-5-21-16-9-7-6-8-15(16)14(3)19-12-18(4,20)17-11-10-13(2)22-17/h6-11,14,19-20H,5,12H2,1-4H3. The second kappa shape index (κ2) is 6.99. The molecule has 4 nitrogen and oxygen atoms in total. The molecule has 2 unspecified atom stereocenters. The van der Waals surface area contributed by atoms with Crippen LogP contribution in [0.3, 0.4) is 0 Å². The van der Waals surface area contributed by atoms with Crippen LogP contribution in [0.25, 0.3) is 0 Å². The van der Waals surface area contributed by atoms with E-state index >= 15 is 0 Å². The van der Waals surface area contributed by atoms with Crippen molar-refractivity contribution in [3.05, 3.63) is 53.5 Å². The van der Waals surface area contributed by atoms with Crippen molar-refractivity contribution in [2.24, 2.45) is 0 Å². The van der Waals surface area contributed by atoms with E-state index in [9.17, 15) is 5.11 Å². The van der Waals surface area contributed by atoms with E-state index in [0.717, 1.165) is 17.1 Å². The Morgan fingerprint density at radius 3 is 2.64 bits per heavy atom. The Balaban J connectivity index is 2.05. The molecule has 0 bridgehead atoms. The van der Waals surface area contributed by atoms with Crippen LogP contribution in [0.1, 0.15) is 43.9 Å². The molecule has 1 aromatic heterocycles. The normalized spacial score (nSPS) is 15.3. The molecule has 0 saturated heterocycles. The summed E-state index contributed by atoms with van der Waals surface area (Å²) in [6.45, 7) is 8.67. The number of rotatable bonds is 7. The predicted molar refractivity (Wildman–Crippen MR) is 87.0 cm³/mol. The van der Waals surface area contributed by atoms with E-state index in [4.69, 9.17) is 9.15 Å². The summed E-state index contributed by atoms with van der Waals surface area (Å²) >= 11 is 0. The molecule has 2 aromatic rings. The van der Waals surface area contributed by atoms with E-state index in [1.165, 1.54) is 0 Å². The van der Waals surface area contributed by atoms with Crippen LogP contribution in [-0.4, -0.2) is 18.3 Å². The second-order valence-electron chi connectivity index (χ2n) is 5.76.